The van der Waals surface area contributed by atoms with Crippen molar-refractivity contribution in [3.05, 3.63) is 70.2 Å². The van der Waals surface area contributed by atoms with E-state index < -0.39 is 0 Å². The zero-order chi connectivity index (χ0) is 16.8. The van der Waals surface area contributed by atoms with Crippen molar-refractivity contribution < 1.29 is 9.53 Å². The van der Waals surface area contributed by atoms with Crippen molar-refractivity contribution in [2.24, 2.45) is 0 Å². The third-order valence-corrected chi connectivity index (χ3v) is 4.63. The van der Waals surface area contributed by atoms with Gasteiger partial charge in [-0.3, -0.25) is 4.90 Å². The van der Waals surface area contributed by atoms with Gasteiger partial charge in [0.2, 0.25) is 0 Å². The van der Waals surface area contributed by atoms with E-state index in [4.69, 9.17) is 4.74 Å². The van der Waals surface area contributed by atoms with Gasteiger partial charge in [-0.2, -0.15) is 0 Å². The fourth-order valence-corrected chi connectivity index (χ4v) is 3.05. The molecule has 3 nitrogen and oxygen atoms in total. The van der Waals surface area contributed by atoms with Crippen LogP contribution in [0.15, 0.2) is 59.1 Å². The summed E-state index contributed by atoms with van der Waals surface area (Å²) in [6, 6.07) is 17.5. The monoisotopic (exact) mass is 383 g/mol. The predicted octanol–water partition coefficient (Wildman–Crippen LogP) is 4.60. The van der Waals surface area contributed by atoms with E-state index in [0.29, 0.717) is 13.2 Å². The van der Waals surface area contributed by atoms with Crippen LogP contribution in [0.3, 0.4) is 0 Å². The second-order valence-corrected chi connectivity index (χ2v) is 6.50. The number of ether oxygens (including phenoxy) is 1. The number of carbonyl (C=O) groups is 1. The SMILES string of the molecule is O=C(OCc1ccccc1)N1CCC[C@H]1C#Cc1ccccc1Br. The molecule has 4 heteroatoms. The zero-order valence-corrected chi connectivity index (χ0v) is 14.8. The molecule has 0 bridgehead atoms. The molecule has 0 aromatic heterocycles. The molecule has 24 heavy (non-hydrogen) atoms. The lowest BCUT2D eigenvalue weighted by Gasteiger charge is -2.20. The minimum absolute atomic E-state index is 0.0830. The maximum absolute atomic E-state index is 12.3. The first-order chi connectivity index (χ1) is 11.7. The van der Waals surface area contributed by atoms with E-state index in [-0.39, 0.29) is 12.1 Å². The van der Waals surface area contributed by atoms with Crippen LogP contribution in [0.25, 0.3) is 0 Å². The average Bonchev–Trinajstić information content (AvgIpc) is 3.08. The van der Waals surface area contributed by atoms with Crippen LogP contribution in [0.5, 0.6) is 0 Å². The average molecular weight is 384 g/mol. The van der Waals surface area contributed by atoms with Gasteiger partial charge < -0.3 is 4.74 Å². The molecule has 3 rings (SSSR count). The Kier molecular flexibility index (Phi) is 5.55. The fourth-order valence-electron chi connectivity index (χ4n) is 2.66. The van der Waals surface area contributed by atoms with Crippen LogP contribution in [-0.4, -0.2) is 23.6 Å². The topological polar surface area (TPSA) is 29.5 Å². The van der Waals surface area contributed by atoms with Gasteiger partial charge in [-0.15, -0.1) is 0 Å². The largest absolute Gasteiger partial charge is 0.445 e. The van der Waals surface area contributed by atoms with Crippen LogP contribution >= 0.6 is 15.9 Å². The Bertz CT molecular complexity index is 764. The molecule has 0 aliphatic carbocycles. The van der Waals surface area contributed by atoms with Crippen molar-refractivity contribution in [2.75, 3.05) is 6.54 Å². The molecule has 1 amide bonds. The third kappa shape index (κ3) is 4.18. The van der Waals surface area contributed by atoms with Crippen LogP contribution in [0.1, 0.15) is 24.0 Å². The van der Waals surface area contributed by atoms with Crippen molar-refractivity contribution >= 4 is 22.0 Å². The zero-order valence-electron chi connectivity index (χ0n) is 13.2. The number of hydrogen-bond donors (Lipinski definition) is 0. The normalized spacial score (nSPS) is 16.4. The summed E-state index contributed by atoms with van der Waals surface area (Å²) in [7, 11) is 0. The van der Waals surface area contributed by atoms with Gasteiger partial charge in [-0.1, -0.05) is 54.3 Å². The van der Waals surface area contributed by atoms with Gasteiger partial charge in [-0.05, 0) is 46.5 Å². The van der Waals surface area contributed by atoms with E-state index in [9.17, 15) is 4.79 Å². The Morgan fingerprint density at radius 3 is 2.71 bits per heavy atom. The summed E-state index contributed by atoms with van der Waals surface area (Å²) in [4.78, 5) is 14.1. The Morgan fingerprint density at radius 1 is 1.17 bits per heavy atom. The summed E-state index contributed by atoms with van der Waals surface area (Å²) >= 11 is 3.49. The highest BCUT2D eigenvalue weighted by atomic mass is 79.9. The van der Waals surface area contributed by atoms with E-state index in [2.05, 4.69) is 27.8 Å². The first kappa shape index (κ1) is 16.6. The smallest absolute Gasteiger partial charge is 0.411 e. The van der Waals surface area contributed by atoms with E-state index in [1.165, 1.54) is 0 Å². The van der Waals surface area contributed by atoms with Gasteiger partial charge in [0.1, 0.15) is 6.61 Å². The number of benzene rings is 2. The number of likely N-dealkylation sites (tertiary alicyclic amines) is 1. The summed E-state index contributed by atoms with van der Waals surface area (Å²) in [6.45, 7) is 0.990. The number of amides is 1. The van der Waals surface area contributed by atoms with Crippen LogP contribution in [0.4, 0.5) is 4.79 Å². The summed E-state index contributed by atoms with van der Waals surface area (Å²) in [5.41, 5.74) is 1.92. The highest BCUT2D eigenvalue weighted by Gasteiger charge is 2.28. The first-order valence-corrected chi connectivity index (χ1v) is 8.77. The molecule has 1 aliphatic heterocycles. The molecule has 122 valence electrons. The molecule has 1 heterocycles. The van der Waals surface area contributed by atoms with Crippen LogP contribution in [0.2, 0.25) is 0 Å². The Labute approximate surface area is 150 Å². The molecular formula is C20H18BrNO2. The molecule has 0 N–H and O–H groups in total. The Balaban J connectivity index is 1.63. The van der Waals surface area contributed by atoms with Crippen LogP contribution in [-0.2, 0) is 11.3 Å². The molecule has 2 aromatic rings. The minimum Gasteiger partial charge on any atom is -0.445 e. The van der Waals surface area contributed by atoms with Gasteiger partial charge in [0.25, 0.3) is 0 Å². The van der Waals surface area contributed by atoms with Gasteiger partial charge >= 0.3 is 6.09 Å². The molecule has 1 fully saturated rings. The molecule has 1 saturated heterocycles. The molecule has 2 aromatic carbocycles. The van der Waals surface area contributed by atoms with Crippen molar-refractivity contribution in [3.8, 4) is 11.8 Å². The summed E-state index contributed by atoms with van der Waals surface area (Å²) < 4.78 is 6.39. The molecule has 0 radical (unpaired) electrons. The number of nitrogens with zero attached hydrogens (tertiary/aromatic N) is 1. The number of carbonyl (C=O) groups excluding carboxylic acids is 1. The van der Waals surface area contributed by atoms with Gasteiger partial charge in [0.15, 0.2) is 0 Å². The Morgan fingerprint density at radius 2 is 1.92 bits per heavy atom. The maximum atomic E-state index is 12.3. The van der Waals surface area contributed by atoms with E-state index >= 15 is 0 Å². The van der Waals surface area contributed by atoms with E-state index in [1.807, 2.05) is 54.6 Å². The van der Waals surface area contributed by atoms with Gasteiger partial charge in [0.05, 0.1) is 6.04 Å². The van der Waals surface area contributed by atoms with E-state index in [1.54, 1.807) is 4.90 Å². The first-order valence-electron chi connectivity index (χ1n) is 7.97. The van der Waals surface area contributed by atoms with Crippen LogP contribution < -0.4 is 0 Å². The molecular weight excluding hydrogens is 366 g/mol. The summed E-state index contributed by atoms with van der Waals surface area (Å²) in [5, 5.41) is 0. The minimum atomic E-state index is -0.289. The number of rotatable bonds is 2. The summed E-state index contributed by atoms with van der Waals surface area (Å²) in [6.07, 6.45) is 1.55. The molecule has 0 unspecified atom stereocenters. The van der Waals surface area contributed by atoms with Crippen LogP contribution in [0, 0.1) is 11.8 Å². The highest BCUT2D eigenvalue weighted by molar-refractivity contribution is 9.10. The molecule has 0 saturated carbocycles. The Hall–Kier alpha value is -2.25. The van der Waals surface area contributed by atoms with Crippen molar-refractivity contribution in [1.29, 1.82) is 0 Å². The number of halogens is 1. The third-order valence-electron chi connectivity index (χ3n) is 3.94. The second kappa shape index (κ2) is 8.03. The van der Waals surface area contributed by atoms with Crippen molar-refractivity contribution in [3.63, 3.8) is 0 Å². The summed E-state index contributed by atoms with van der Waals surface area (Å²) in [5.74, 6) is 6.38. The van der Waals surface area contributed by atoms with Crippen molar-refractivity contribution in [1.82, 2.24) is 4.90 Å². The standard InChI is InChI=1S/C20H18BrNO2/c21-19-11-5-4-9-17(19)12-13-18-10-6-14-22(18)20(23)24-15-16-7-2-1-3-8-16/h1-5,7-9,11,18H,6,10,14-15H2/t18-/m0/s1. The van der Waals surface area contributed by atoms with Gasteiger partial charge in [-0.25, -0.2) is 4.79 Å². The lowest BCUT2D eigenvalue weighted by atomic mass is 10.2. The van der Waals surface area contributed by atoms with Crippen molar-refractivity contribution in [2.45, 2.75) is 25.5 Å². The predicted molar refractivity (Wildman–Crippen MR) is 97.4 cm³/mol. The second-order valence-electron chi connectivity index (χ2n) is 5.64. The highest BCUT2D eigenvalue weighted by Crippen LogP contribution is 2.19. The fraction of sp³-hybridized carbons (Fsp3) is 0.250. The van der Waals surface area contributed by atoms with Gasteiger partial charge in [0, 0.05) is 16.6 Å². The molecule has 1 aliphatic rings. The quantitative estimate of drug-likeness (QED) is 0.709. The molecule has 1 atom stereocenters. The van der Waals surface area contributed by atoms with E-state index in [0.717, 1.165) is 28.4 Å². The lowest BCUT2D eigenvalue weighted by Crippen LogP contribution is -2.35. The maximum Gasteiger partial charge on any atom is 0.411 e. The lowest BCUT2D eigenvalue weighted by molar-refractivity contribution is 0.0984. The number of hydrogen-bond acceptors (Lipinski definition) is 2. The molecule has 0 spiro atoms.